The predicted octanol–water partition coefficient (Wildman–Crippen LogP) is 4.16. The van der Waals surface area contributed by atoms with E-state index in [1.54, 1.807) is 18.2 Å². The zero-order valence-corrected chi connectivity index (χ0v) is 13.5. The lowest BCUT2D eigenvalue weighted by molar-refractivity contribution is -0.137. The summed E-state index contributed by atoms with van der Waals surface area (Å²) in [6, 6.07) is 11.7. The molecule has 130 valence electrons. The molecule has 2 aromatic carbocycles. The van der Waals surface area contributed by atoms with Crippen LogP contribution >= 0.6 is 12.4 Å². The summed E-state index contributed by atoms with van der Waals surface area (Å²) in [7, 11) is 0. The van der Waals surface area contributed by atoms with Crippen LogP contribution in [0.4, 0.5) is 13.2 Å². The molecule has 0 aliphatic heterocycles. The van der Waals surface area contributed by atoms with Crippen LogP contribution in [0, 0.1) is 0 Å². The third-order valence-electron chi connectivity index (χ3n) is 3.37. The molecular weight excluding hydrogens is 343 g/mol. The van der Waals surface area contributed by atoms with Crippen molar-refractivity contribution in [3.63, 3.8) is 0 Å². The van der Waals surface area contributed by atoms with Gasteiger partial charge >= 0.3 is 12.1 Å². The number of hydrogen-bond acceptors (Lipinski definition) is 2. The van der Waals surface area contributed by atoms with Gasteiger partial charge in [0.15, 0.2) is 0 Å². The molecule has 0 aromatic heterocycles. The third kappa shape index (κ3) is 5.86. The zero-order chi connectivity index (χ0) is 16.9. The van der Waals surface area contributed by atoms with E-state index < -0.39 is 17.7 Å². The second-order valence-corrected chi connectivity index (χ2v) is 5.13. The van der Waals surface area contributed by atoms with E-state index in [2.05, 4.69) is 5.32 Å². The van der Waals surface area contributed by atoms with Crippen molar-refractivity contribution in [3.8, 4) is 0 Å². The minimum atomic E-state index is -4.33. The van der Waals surface area contributed by atoms with Crippen molar-refractivity contribution in [3.05, 3.63) is 70.8 Å². The predicted molar refractivity (Wildman–Crippen MR) is 87.5 cm³/mol. The Labute approximate surface area is 143 Å². The highest BCUT2D eigenvalue weighted by Gasteiger charge is 2.30. The van der Waals surface area contributed by atoms with Crippen LogP contribution in [-0.4, -0.2) is 17.6 Å². The van der Waals surface area contributed by atoms with Gasteiger partial charge in [-0.05, 0) is 42.3 Å². The van der Waals surface area contributed by atoms with Crippen molar-refractivity contribution in [2.75, 3.05) is 6.54 Å². The van der Waals surface area contributed by atoms with Gasteiger partial charge in [-0.1, -0.05) is 30.3 Å². The molecule has 0 fully saturated rings. The smallest absolute Gasteiger partial charge is 0.416 e. The molecule has 3 nitrogen and oxygen atoms in total. The highest BCUT2D eigenvalue weighted by Crippen LogP contribution is 2.29. The average Bonchev–Trinajstić information content (AvgIpc) is 2.51. The number of alkyl halides is 3. The average molecular weight is 360 g/mol. The lowest BCUT2D eigenvalue weighted by Crippen LogP contribution is -2.17. The summed E-state index contributed by atoms with van der Waals surface area (Å²) < 4.78 is 37.8. The summed E-state index contributed by atoms with van der Waals surface area (Å²) in [5.74, 6) is -0.973. The summed E-state index contributed by atoms with van der Waals surface area (Å²) in [5.41, 5.74) is 1.11. The van der Waals surface area contributed by atoms with Crippen molar-refractivity contribution in [1.82, 2.24) is 5.32 Å². The molecule has 0 heterocycles. The van der Waals surface area contributed by atoms with Crippen molar-refractivity contribution >= 4 is 18.4 Å². The van der Waals surface area contributed by atoms with E-state index in [1.807, 2.05) is 0 Å². The van der Waals surface area contributed by atoms with Gasteiger partial charge in [0.05, 0.1) is 11.1 Å². The number of carboxylic acid groups (broad SMARTS) is 1. The maximum Gasteiger partial charge on any atom is 0.416 e. The van der Waals surface area contributed by atoms with Gasteiger partial charge in [-0.3, -0.25) is 0 Å². The number of nitrogens with one attached hydrogen (secondary N) is 1. The van der Waals surface area contributed by atoms with Crippen LogP contribution < -0.4 is 5.32 Å². The van der Waals surface area contributed by atoms with Crippen LogP contribution in [0.25, 0.3) is 0 Å². The summed E-state index contributed by atoms with van der Waals surface area (Å²) in [5, 5.41) is 11.9. The normalized spacial score (nSPS) is 11.0. The van der Waals surface area contributed by atoms with E-state index in [0.29, 0.717) is 25.1 Å². The number of carbonyl (C=O) groups is 1. The van der Waals surface area contributed by atoms with E-state index in [1.165, 1.54) is 18.2 Å². The number of carboxylic acids is 1. The van der Waals surface area contributed by atoms with Crippen molar-refractivity contribution in [1.29, 1.82) is 0 Å². The van der Waals surface area contributed by atoms with Crippen molar-refractivity contribution < 1.29 is 23.1 Å². The molecule has 0 aliphatic rings. The Kier molecular flexibility index (Phi) is 7.25. The van der Waals surface area contributed by atoms with Crippen LogP contribution in [-0.2, 0) is 19.1 Å². The summed E-state index contributed by atoms with van der Waals surface area (Å²) in [6.07, 6.45) is -3.67. The zero-order valence-electron chi connectivity index (χ0n) is 12.6. The molecule has 2 rings (SSSR count). The molecule has 0 atom stereocenters. The standard InChI is InChI=1S/C17H16F3NO2.ClH/c18-17(19,20)15-3-1-2-13(10-15)11-21-9-8-12-4-6-14(7-5-12)16(22)23;/h1-7,10,21H,8-9,11H2,(H,22,23);1H. The molecule has 0 saturated heterocycles. The Morgan fingerprint density at radius 3 is 2.29 bits per heavy atom. The molecular formula is C17H17ClF3NO2. The molecule has 2 N–H and O–H groups in total. The Hall–Kier alpha value is -2.05. The molecule has 7 heteroatoms. The van der Waals surface area contributed by atoms with E-state index in [0.717, 1.165) is 17.7 Å². The highest BCUT2D eigenvalue weighted by molar-refractivity contribution is 5.87. The van der Waals surface area contributed by atoms with Crippen molar-refractivity contribution in [2.24, 2.45) is 0 Å². The van der Waals surface area contributed by atoms with E-state index in [9.17, 15) is 18.0 Å². The van der Waals surface area contributed by atoms with E-state index >= 15 is 0 Å². The van der Waals surface area contributed by atoms with Gasteiger partial charge in [0.25, 0.3) is 0 Å². The lowest BCUT2D eigenvalue weighted by atomic mass is 10.1. The summed E-state index contributed by atoms with van der Waals surface area (Å²) in [4.78, 5) is 10.7. The maximum absolute atomic E-state index is 12.6. The topological polar surface area (TPSA) is 49.3 Å². The minimum absolute atomic E-state index is 0. The Balaban J connectivity index is 0.00000288. The fourth-order valence-electron chi connectivity index (χ4n) is 2.14. The van der Waals surface area contributed by atoms with Gasteiger partial charge in [0.2, 0.25) is 0 Å². The maximum atomic E-state index is 12.6. The minimum Gasteiger partial charge on any atom is -0.478 e. The number of rotatable bonds is 6. The third-order valence-corrected chi connectivity index (χ3v) is 3.37. The quantitative estimate of drug-likeness (QED) is 0.761. The van der Waals surface area contributed by atoms with E-state index in [4.69, 9.17) is 5.11 Å². The van der Waals surface area contributed by atoms with E-state index in [-0.39, 0.29) is 18.0 Å². The molecule has 24 heavy (non-hydrogen) atoms. The Bertz CT molecular complexity index is 672. The first-order chi connectivity index (χ1) is 10.9. The van der Waals surface area contributed by atoms with Crippen LogP contribution in [0.3, 0.4) is 0 Å². The molecule has 0 unspecified atom stereocenters. The number of aromatic carboxylic acids is 1. The first kappa shape index (κ1) is 20.0. The molecule has 0 spiro atoms. The molecule has 0 bridgehead atoms. The number of benzene rings is 2. The first-order valence-electron chi connectivity index (χ1n) is 7.05. The number of halogens is 4. The monoisotopic (exact) mass is 359 g/mol. The van der Waals surface area contributed by atoms with Gasteiger partial charge in [-0.25, -0.2) is 4.79 Å². The van der Waals surface area contributed by atoms with Crippen LogP contribution in [0.5, 0.6) is 0 Å². The molecule has 2 aromatic rings. The van der Waals surface area contributed by atoms with Crippen molar-refractivity contribution in [2.45, 2.75) is 19.1 Å². The molecule has 0 radical (unpaired) electrons. The summed E-state index contributed by atoms with van der Waals surface area (Å²) >= 11 is 0. The summed E-state index contributed by atoms with van der Waals surface area (Å²) in [6.45, 7) is 0.930. The fraction of sp³-hybridized carbons (Fsp3) is 0.235. The van der Waals surface area contributed by atoms with Gasteiger partial charge in [-0.15, -0.1) is 12.4 Å². The van der Waals surface area contributed by atoms with Gasteiger partial charge < -0.3 is 10.4 Å². The molecule has 0 amide bonds. The largest absolute Gasteiger partial charge is 0.478 e. The molecule has 0 saturated carbocycles. The van der Waals surface area contributed by atoms with Gasteiger partial charge in [0.1, 0.15) is 0 Å². The van der Waals surface area contributed by atoms with Crippen LogP contribution in [0.15, 0.2) is 48.5 Å². The lowest BCUT2D eigenvalue weighted by Gasteiger charge is -2.09. The van der Waals surface area contributed by atoms with Gasteiger partial charge in [0, 0.05) is 6.54 Å². The van der Waals surface area contributed by atoms with Gasteiger partial charge in [-0.2, -0.15) is 13.2 Å². The molecule has 0 aliphatic carbocycles. The second kappa shape index (κ2) is 8.70. The van der Waals surface area contributed by atoms with Crippen LogP contribution in [0.1, 0.15) is 27.0 Å². The number of hydrogen-bond donors (Lipinski definition) is 2. The highest BCUT2D eigenvalue weighted by atomic mass is 35.5. The fourth-order valence-corrected chi connectivity index (χ4v) is 2.14. The Morgan fingerprint density at radius 1 is 1.04 bits per heavy atom. The SMILES string of the molecule is Cl.O=C(O)c1ccc(CCNCc2cccc(C(F)(F)F)c2)cc1. The second-order valence-electron chi connectivity index (χ2n) is 5.13. The first-order valence-corrected chi connectivity index (χ1v) is 7.05. The van der Waals surface area contributed by atoms with Crippen LogP contribution in [0.2, 0.25) is 0 Å². The Morgan fingerprint density at radius 2 is 1.71 bits per heavy atom.